The van der Waals surface area contributed by atoms with Crippen LogP contribution in [0, 0.1) is 0 Å². The molecule has 1 aromatic heterocycles. The quantitative estimate of drug-likeness (QED) is 0.774. The Morgan fingerprint density at radius 2 is 2.38 bits per heavy atom. The molecule has 0 bridgehead atoms. The molecule has 0 aliphatic carbocycles. The molecule has 4 nitrogen and oxygen atoms in total. The normalized spacial score (nSPS) is 10.6. The maximum atomic E-state index is 11.1. The van der Waals surface area contributed by atoms with Gasteiger partial charge in [0.25, 0.3) is 0 Å². The zero-order valence-electron chi connectivity index (χ0n) is 8.93. The standard InChI is InChI=1S/C10H11NO3S2/c1-7(12)15-5-3-4-9-11-6-8(16-9)10(13)14-2/h3-4,6H,5H2,1-2H3. The third-order valence-corrected chi connectivity index (χ3v) is 3.26. The number of methoxy groups -OCH3 is 1. The summed E-state index contributed by atoms with van der Waals surface area (Å²) in [5.41, 5.74) is 0. The molecule has 0 radical (unpaired) electrons. The summed E-state index contributed by atoms with van der Waals surface area (Å²) in [6, 6.07) is 0. The molecule has 0 N–H and O–H groups in total. The summed E-state index contributed by atoms with van der Waals surface area (Å²) in [5.74, 6) is 0.234. The van der Waals surface area contributed by atoms with Crippen LogP contribution in [0.2, 0.25) is 0 Å². The first-order valence-electron chi connectivity index (χ1n) is 4.47. The van der Waals surface area contributed by atoms with E-state index in [0.29, 0.717) is 10.6 Å². The summed E-state index contributed by atoms with van der Waals surface area (Å²) in [4.78, 5) is 26.3. The third kappa shape index (κ3) is 4.16. The van der Waals surface area contributed by atoms with E-state index in [1.54, 1.807) is 6.08 Å². The molecule has 0 aliphatic heterocycles. The summed E-state index contributed by atoms with van der Waals surface area (Å²) in [6.07, 6.45) is 5.10. The number of thioether (sulfide) groups is 1. The number of carbonyl (C=O) groups is 2. The smallest absolute Gasteiger partial charge is 0.349 e. The Morgan fingerprint density at radius 3 is 3.00 bits per heavy atom. The summed E-state index contributed by atoms with van der Waals surface area (Å²) < 4.78 is 4.57. The summed E-state index contributed by atoms with van der Waals surface area (Å²) in [7, 11) is 1.33. The van der Waals surface area contributed by atoms with Crippen molar-refractivity contribution in [3.8, 4) is 0 Å². The molecular formula is C10H11NO3S2. The molecule has 6 heteroatoms. The van der Waals surface area contributed by atoms with E-state index in [4.69, 9.17) is 0 Å². The summed E-state index contributed by atoms with van der Waals surface area (Å²) >= 11 is 2.49. The highest BCUT2D eigenvalue weighted by Crippen LogP contribution is 2.15. The topological polar surface area (TPSA) is 56.3 Å². The molecule has 86 valence electrons. The highest BCUT2D eigenvalue weighted by molar-refractivity contribution is 8.13. The van der Waals surface area contributed by atoms with Crippen LogP contribution in [0.5, 0.6) is 0 Å². The van der Waals surface area contributed by atoms with Gasteiger partial charge in [0.05, 0.1) is 13.3 Å². The highest BCUT2D eigenvalue weighted by Gasteiger charge is 2.08. The minimum atomic E-state index is -0.379. The van der Waals surface area contributed by atoms with E-state index in [9.17, 15) is 9.59 Å². The van der Waals surface area contributed by atoms with E-state index in [1.165, 1.54) is 43.3 Å². The summed E-state index contributed by atoms with van der Waals surface area (Å²) in [6.45, 7) is 1.53. The Bertz CT molecular complexity index is 412. The van der Waals surface area contributed by atoms with Gasteiger partial charge in [0.15, 0.2) is 5.12 Å². The molecule has 0 unspecified atom stereocenters. The molecule has 0 saturated heterocycles. The van der Waals surface area contributed by atoms with Gasteiger partial charge in [-0.3, -0.25) is 4.79 Å². The van der Waals surface area contributed by atoms with Gasteiger partial charge >= 0.3 is 5.97 Å². The van der Waals surface area contributed by atoms with Crippen molar-refractivity contribution in [2.24, 2.45) is 0 Å². The van der Waals surface area contributed by atoms with Gasteiger partial charge in [0.2, 0.25) is 0 Å². The van der Waals surface area contributed by atoms with Crippen LogP contribution in [0.25, 0.3) is 6.08 Å². The number of rotatable bonds is 4. The predicted octanol–water partition coefficient (Wildman–Crippen LogP) is 2.22. The van der Waals surface area contributed by atoms with Crippen LogP contribution in [0.3, 0.4) is 0 Å². The Hall–Kier alpha value is -1.14. The van der Waals surface area contributed by atoms with Crippen LogP contribution in [0.15, 0.2) is 12.3 Å². The van der Waals surface area contributed by atoms with Crippen LogP contribution < -0.4 is 0 Å². The maximum Gasteiger partial charge on any atom is 0.349 e. The molecule has 0 atom stereocenters. The molecule has 16 heavy (non-hydrogen) atoms. The van der Waals surface area contributed by atoms with Gasteiger partial charge in [-0.05, 0) is 6.08 Å². The summed E-state index contributed by atoms with van der Waals surface area (Å²) in [5, 5.41) is 0.809. The zero-order valence-corrected chi connectivity index (χ0v) is 10.6. The van der Waals surface area contributed by atoms with E-state index >= 15 is 0 Å². The molecule has 1 heterocycles. The van der Waals surface area contributed by atoms with E-state index < -0.39 is 0 Å². The first-order valence-corrected chi connectivity index (χ1v) is 6.27. The number of ether oxygens (including phenoxy) is 1. The first kappa shape index (κ1) is 12.9. The second kappa shape index (κ2) is 6.44. The lowest BCUT2D eigenvalue weighted by Crippen LogP contribution is -1.96. The van der Waals surface area contributed by atoms with Crippen molar-refractivity contribution in [2.75, 3.05) is 12.9 Å². The van der Waals surface area contributed by atoms with Crippen LogP contribution in [0.4, 0.5) is 0 Å². The van der Waals surface area contributed by atoms with Crippen molar-refractivity contribution < 1.29 is 14.3 Å². The molecule has 1 aromatic rings. The predicted molar refractivity (Wildman–Crippen MR) is 65.6 cm³/mol. The van der Waals surface area contributed by atoms with Crippen molar-refractivity contribution in [1.82, 2.24) is 4.98 Å². The van der Waals surface area contributed by atoms with E-state index in [-0.39, 0.29) is 11.1 Å². The van der Waals surface area contributed by atoms with Gasteiger partial charge in [-0.15, -0.1) is 11.3 Å². The van der Waals surface area contributed by atoms with Gasteiger partial charge in [0, 0.05) is 12.7 Å². The molecule has 0 fully saturated rings. The minimum Gasteiger partial charge on any atom is -0.465 e. The number of hydrogen-bond donors (Lipinski definition) is 0. The van der Waals surface area contributed by atoms with E-state index in [2.05, 4.69) is 9.72 Å². The van der Waals surface area contributed by atoms with Gasteiger partial charge < -0.3 is 4.74 Å². The molecule has 0 saturated carbocycles. The number of thiazole rings is 1. The average molecular weight is 257 g/mol. The largest absolute Gasteiger partial charge is 0.465 e. The van der Waals surface area contributed by atoms with Crippen molar-refractivity contribution in [3.05, 3.63) is 22.2 Å². The van der Waals surface area contributed by atoms with Crippen LogP contribution in [-0.4, -0.2) is 28.9 Å². The zero-order chi connectivity index (χ0) is 12.0. The minimum absolute atomic E-state index is 0.0824. The number of aromatic nitrogens is 1. The Kier molecular flexibility index (Phi) is 5.21. The van der Waals surface area contributed by atoms with Crippen LogP contribution in [0.1, 0.15) is 21.6 Å². The van der Waals surface area contributed by atoms with Crippen molar-refractivity contribution in [2.45, 2.75) is 6.92 Å². The van der Waals surface area contributed by atoms with Crippen molar-refractivity contribution in [1.29, 1.82) is 0 Å². The third-order valence-electron chi connectivity index (χ3n) is 1.55. The van der Waals surface area contributed by atoms with Gasteiger partial charge in [-0.25, -0.2) is 9.78 Å². The lowest BCUT2D eigenvalue weighted by molar-refractivity contribution is -0.109. The highest BCUT2D eigenvalue weighted by atomic mass is 32.2. The van der Waals surface area contributed by atoms with Crippen molar-refractivity contribution in [3.63, 3.8) is 0 Å². The fraction of sp³-hybridized carbons (Fsp3) is 0.300. The monoisotopic (exact) mass is 257 g/mol. The van der Waals surface area contributed by atoms with E-state index in [0.717, 1.165) is 5.01 Å². The van der Waals surface area contributed by atoms with Crippen LogP contribution in [-0.2, 0) is 9.53 Å². The SMILES string of the molecule is COC(=O)c1cnc(C=CCSC(C)=O)s1. The second-order valence-corrected chi connectivity index (χ2v) is 5.02. The van der Waals surface area contributed by atoms with Gasteiger partial charge in [-0.1, -0.05) is 17.8 Å². The maximum absolute atomic E-state index is 11.1. The number of carbonyl (C=O) groups excluding carboxylic acids is 2. The fourth-order valence-electron chi connectivity index (χ4n) is 0.874. The lowest BCUT2D eigenvalue weighted by atomic mass is 10.5. The Morgan fingerprint density at radius 1 is 1.62 bits per heavy atom. The van der Waals surface area contributed by atoms with Crippen LogP contribution >= 0.6 is 23.1 Å². The molecule has 0 spiro atoms. The molecule has 0 amide bonds. The van der Waals surface area contributed by atoms with E-state index in [1.807, 2.05) is 6.08 Å². The molecule has 1 rings (SSSR count). The number of hydrogen-bond acceptors (Lipinski definition) is 6. The van der Waals surface area contributed by atoms with Gasteiger partial charge in [-0.2, -0.15) is 0 Å². The Balaban J connectivity index is 2.52. The molecule has 0 aromatic carbocycles. The molecule has 0 aliphatic rings. The molecular weight excluding hydrogens is 246 g/mol. The van der Waals surface area contributed by atoms with Crippen molar-refractivity contribution >= 4 is 40.3 Å². The average Bonchev–Trinajstić information content (AvgIpc) is 2.71. The first-order chi connectivity index (χ1) is 7.63. The lowest BCUT2D eigenvalue weighted by Gasteiger charge is -1.90. The fourth-order valence-corrected chi connectivity index (χ4v) is 2.07. The number of esters is 1. The van der Waals surface area contributed by atoms with Gasteiger partial charge in [0.1, 0.15) is 9.88 Å². The number of nitrogens with zero attached hydrogens (tertiary/aromatic N) is 1. The second-order valence-electron chi connectivity index (χ2n) is 2.76. The Labute approximate surface area is 102 Å².